The highest BCUT2D eigenvalue weighted by Gasteiger charge is 2.18. The van der Waals surface area contributed by atoms with Crippen LogP contribution in [0.1, 0.15) is 20.0 Å². The Kier molecular flexibility index (Phi) is 4.71. The van der Waals surface area contributed by atoms with E-state index in [-0.39, 0.29) is 20.5 Å². The van der Waals surface area contributed by atoms with Gasteiger partial charge in [0.1, 0.15) is 10.7 Å². The second-order valence-electron chi connectivity index (χ2n) is 4.77. The fourth-order valence-corrected chi connectivity index (χ4v) is 3.73. The van der Waals surface area contributed by atoms with Crippen LogP contribution in [-0.2, 0) is 0 Å². The lowest BCUT2D eigenvalue weighted by Crippen LogP contribution is -2.41. The molecule has 1 aromatic heterocycles. The van der Waals surface area contributed by atoms with E-state index < -0.39 is 17.6 Å². The van der Waals surface area contributed by atoms with E-state index in [0.29, 0.717) is 10.1 Å². The van der Waals surface area contributed by atoms with E-state index in [0.717, 1.165) is 11.3 Å². The average molecular weight is 383 g/mol. The Morgan fingerprint density at radius 3 is 2.46 bits per heavy atom. The third-order valence-electron chi connectivity index (χ3n) is 3.21. The molecule has 2 aromatic carbocycles. The summed E-state index contributed by atoms with van der Waals surface area (Å²) in [6, 6.07) is 10.5. The van der Waals surface area contributed by atoms with E-state index in [1.807, 2.05) is 0 Å². The molecule has 8 heteroatoms. The molecule has 0 bridgehead atoms. The van der Waals surface area contributed by atoms with Crippen LogP contribution in [0.5, 0.6) is 0 Å². The highest BCUT2D eigenvalue weighted by atomic mass is 35.5. The van der Waals surface area contributed by atoms with Crippen molar-refractivity contribution in [2.75, 3.05) is 0 Å². The maximum absolute atomic E-state index is 13.3. The summed E-state index contributed by atoms with van der Waals surface area (Å²) in [6.45, 7) is 0. The molecule has 2 N–H and O–H groups in total. The molecule has 3 aromatic rings. The van der Waals surface area contributed by atoms with Gasteiger partial charge in [-0.3, -0.25) is 20.4 Å². The van der Waals surface area contributed by atoms with Crippen LogP contribution in [0.15, 0.2) is 42.5 Å². The van der Waals surface area contributed by atoms with Crippen LogP contribution >= 0.6 is 34.5 Å². The van der Waals surface area contributed by atoms with Crippen molar-refractivity contribution >= 4 is 56.4 Å². The highest BCUT2D eigenvalue weighted by molar-refractivity contribution is 7.21. The van der Waals surface area contributed by atoms with Gasteiger partial charge in [0.05, 0.1) is 15.6 Å². The van der Waals surface area contributed by atoms with Gasteiger partial charge in [0.25, 0.3) is 11.8 Å². The summed E-state index contributed by atoms with van der Waals surface area (Å²) in [4.78, 5) is 24.4. The van der Waals surface area contributed by atoms with E-state index >= 15 is 0 Å². The number of halogens is 3. The Balaban J connectivity index is 1.77. The monoisotopic (exact) mass is 382 g/mol. The summed E-state index contributed by atoms with van der Waals surface area (Å²) in [6.07, 6.45) is 0. The van der Waals surface area contributed by atoms with Gasteiger partial charge in [0.15, 0.2) is 0 Å². The zero-order valence-corrected chi connectivity index (χ0v) is 14.2. The Hall–Kier alpha value is -2.15. The molecule has 4 nitrogen and oxygen atoms in total. The Morgan fingerprint density at radius 1 is 1.00 bits per heavy atom. The molecule has 0 spiro atoms. The molecular formula is C16H9Cl2FN2O2S. The van der Waals surface area contributed by atoms with Gasteiger partial charge in [-0.05, 0) is 30.3 Å². The summed E-state index contributed by atoms with van der Waals surface area (Å²) in [5.74, 6) is -1.57. The molecule has 1 heterocycles. The van der Waals surface area contributed by atoms with Gasteiger partial charge in [-0.25, -0.2) is 4.39 Å². The van der Waals surface area contributed by atoms with Crippen LogP contribution in [-0.4, -0.2) is 11.8 Å². The number of amides is 2. The normalized spacial score (nSPS) is 10.6. The highest BCUT2D eigenvalue weighted by Crippen LogP contribution is 2.35. The molecule has 0 aliphatic heterocycles. The van der Waals surface area contributed by atoms with Crippen molar-refractivity contribution < 1.29 is 14.0 Å². The number of rotatable bonds is 2. The fourth-order valence-electron chi connectivity index (χ4n) is 2.07. The van der Waals surface area contributed by atoms with Crippen LogP contribution < -0.4 is 10.9 Å². The first-order chi connectivity index (χ1) is 11.5. The third-order valence-corrected chi connectivity index (χ3v) is 5.19. The number of hydrogen-bond donors (Lipinski definition) is 2. The summed E-state index contributed by atoms with van der Waals surface area (Å²) >= 11 is 13.1. The number of hydrogen-bond acceptors (Lipinski definition) is 3. The van der Waals surface area contributed by atoms with Gasteiger partial charge < -0.3 is 0 Å². The van der Waals surface area contributed by atoms with Crippen molar-refractivity contribution in [3.63, 3.8) is 0 Å². The summed E-state index contributed by atoms with van der Waals surface area (Å²) in [5, 5.41) is 1.05. The Morgan fingerprint density at radius 2 is 1.71 bits per heavy atom. The van der Waals surface area contributed by atoms with Crippen LogP contribution in [0, 0.1) is 5.82 Å². The number of carbonyl (C=O) groups is 2. The van der Waals surface area contributed by atoms with Gasteiger partial charge >= 0.3 is 0 Å². The lowest BCUT2D eigenvalue weighted by atomic mass is 10.2. The molecular weight excluding hydrogens is 374 g/mol. The molecule has 0 fully saturated rings. The lowest BCUT2D eigenvalue weighted by molar-refractivity contribution is 0.0849. The maximum atomic E-state index is 13.3. The molecule has 3 rings (SSSR count). The first kappa shape index (κ1) is 16.7. The van der Waals surface area contributed by atoms with Gasteiger partial charge in [0.2, 0.25) is 0 Å². The summed E-state index contributed by atoms with van der Waals surface area (Å²) in [7, 11) is 0. The Labute approximate surface area is 150 Å². The van der Waals surface area contributed by atoms with Crippen LogP contribution in [0.4, 0.5) is 4.39 Å². The molecule has 2 amide bonds. The minimum Gasteiger partial charge on any atom is -0.267 e. The molecule has 0 saturated carbocycles. The summed E-state index contributed by atoms with van der Waals surface area (Å²) in [5.41, 5.74) is 4.77. The van der Waals surface area contributed by atoms with E-state index in [1.165, 1.54) is 24.3 Å². The molecule has 0 atom stereocenters. The van der Waals surface area contributed by atoms with Gasteiger partial charge in [-0.1, -0.05) is 35.3 Å². The van der Waals surface area contributed by atoms with Crippen molar-refractivity contribution in [3.05, 3.63) is 68.8 Å². The van der Waals surface area contributed by atoms with Crippen molar-refractivity contribution in [1.29, 1.82) is 0 Å². The van der Waals surface area contributed by atoms with E-state index in [2.05, 4.69) is 10.9 Å². The molecule has 0 aliphatic rings. The van der Waals surface area contributed by atoms with Crippen molar-refractivity contribution in [2.24, 2.45) is 0 Å². The molecule has 0 aliphatic carbocycles. The first-order valence-corrected chi connectivity index (χ1v) is 8.27. The lowest BCUT2D eigenvalue weighted by Gasteiger charge is -2.07. The van der Waals surface area contributed by atoms with Crippen LogP contribution in [0.2, 0.25) is 10.0 Å². The van der Waals surface area contributed by atoms with Gasteiger partial charge in [-0.15, -0.1) is 11.3 Å². The number of nitrogens with one attached hydrogen (secondary N) is 2. The van der Waals surface area contributed by atoms with Gasteiger partial charge in [0, 0.05) is 10.1 Å². The van der Waals surface area contributed by atoms with Crippen molar-refractivity contribution in [1.82, 2.24) is 10.9 Å². The molecule has 0 unspecified atom stereocenters. The second kappa shape index (κ2) is 6.76. The topological polar surface area (TPSA) is 58.2 Å². The number of fused-ring (bicyclic) bond motifs is 1. The first-order valence-electron chi connectivity index (χ1n) is 6.70. The molecule has 24 heavy (non-hydrogen) atoms. The SMILES string of the molecule is O=C(NNC(=O)c1sc2cc(F)ccc2c1Cl)c1ccccc1Cl. The quantitative estimate of drug-likeness (QED) is 0.644. The van der Waals surface area contributed by atoms with Crippen LogP contribution in [0.3, 0.4) is 0 Å². The number of carbonyl (C=O) groups excluding carboxylic acids is 2. The minimum atomic E-state index is -0.595. The number of hydrazine groups is 1. The zero-order valence-electron chi connectivity index (χ0n) is 11.9. The van der Waals surface area contributed by atoms with E-state index in [1.54, 1.807) is 18.2 Å². The van der Waals surface area contributed by atoms with E-state index in [4.69, 9.17) is 23.2 Å². The van der Waals surface area contributed by atoms with Crippen LogP contribution in [0.25, 0.3) is 10.1 Å². The molecule has 0 saturated heterocycles. The zero-order chi connectivity index (χ0) is 17.3. The Bertz CT molecular complexity index is 958. The minimum absolute atomic E-state index is 0.178. The number of benzene rings is 2. The predicted octanol–water partition coefficient (Wildman–Crippen LogP) is 4.42. The second-order valence-corrected chi connectivity index (χ2v) is 6.61. The standard InChI is InChI=1S/C16H9Cl2FN2O2S/c17-11-4-2-1-3-9(11)15(22)20-21-16(23)14-13(18)10-6-5-8(19)7-12(10)24-14/h1-7H,(H,20,22)(H,21,23). The van der Waals surface area contributed by atoms with Crippen molar-refractivity contribution in [3.8, 4) is 0 Å². The maximum Gasteiger partial charge on any atom is 0.281 e. The van der Waals surface area contributed by atoms with E-state index in [9.17, 15) is 14.0 Å². The smallest absolute Gasteiger partial charge is 0.267 e. The summed E-state index contributed by atoms with van der Waals surface area (Å²) < 4.78 is 13.8. The van der Waals surface area contributed by atoms with Gasteiger partial charge in [-0.2, -0.15) is 0 Å². The molecule has 122 valence electrons. The largest absolute Gasteiger partial charge is 0.281 e. The third kappa shape index (κ3) is 3.21. The predicted molar refractivity (Wildman–Crippen MR) is 93.2 cm³/mol. The average Bonchev–Trinajstić information content (AvgIpc) is 2.89. The molecule has 0 radical (unpaired) electrons. The number of thiophene rings is 1. The van der Waals surface area contributed by atoms with Crippen molar-refractivity contribution in [2.45, 2.75) is 0 Å². The fraction of sp³-hybridized carbons (Fsp3) is 0.